The summed E-state index contributed by atoms with van der Waals surface area (Å²) < 4.78 is 10.7. The molecule has 0 atom stereocenters. The summed E-state index contributed by atoms with van der Waals surface area (Å²) in [5, 5.41) is 9.30. The van der Waals surface area contributed by atoms with E-state index in [-0.39, 0.29) is 40.9 Å². The first-order chi connectivity index (χ1) is 17.2. The summed E-state index contributed by atoms with van der Waals surface area (Å²) in [4.78, 5) is 52.6. The molecule has 0 saturated carbocycles. The van der Waals surface area contributed by atoms with Gasteiger partial charge in [-0.1, -0.05) is 47.7 Å². The topological polar surface area (TPSA) is 113 Å². The zero-order valence-corrected chi connectivity index (χ0v) is 21.2. The molecule has 2 aliphatic heterocycles. The van der Waals surface area contributed by atoms with Gasteiger partial charge in [-0.3, -0.25) is 29.0 Å². The SMILES string of the molecule is COc1cccc(COC(=O)CN2C(=O)/C(=C3\SC(=S)N(CCC(=O)O)C3=O)c3cc(Cl)ccc32)c1. The number of halogens is 1. The third-order valence-corrected chi connectivity index (χ3v) is 7.11. The van der Waals surface area contributed by atoms with Gasteiger partial charge in [-0.15, -0.1) is 0 Å². The second kappa shape index (κ2) is 10.7. The molecular formula is C24H19ClN2O7S2. The van der Waals surface area contributed by atoms with Crippen LogP contribution in [0, 0.1) is 0 Å². The van der Waals surface area contributed by atoms with Crippen LogP contribution in [-0.4, -0.2) is 58.3 Å². The molecule has 9 nitrogen and oxygen atoms in total. The summed E-state index contributed by atoms with van der Waals surface area (Å²) in [5.74, 6) is -2.26. The van der Waals surface area contributed by atoms with Gasteiger partial charge in [0.25, 0.3) is 11.8 Å². The fourth-order valence-corrected chi connectivity index (χ4v) is 5.28. The number of aliphatic carboxylic acids is 1. The molecule has 1 fully saturated rings. The predicted octanol–water partition coefficient (Wildman–Crippen LogP) is 3.48. The smallest absolute Gasteiger partial charge is 0.326 e. The Morgan fingerprint density at radius 3 is 2.61 bits per heavy atom. The minimum absolute atomic E-state index is 0.0133. The van der Waals surface area contributed by atoms with Crippen LogP contribution in [-0.2, 0) is 30.5 Å². The monoisotopic (exact) mass is 546 g/mol. The van der Waals surface area contributed by atoms with Gasteiger partial charge in [-0.25, -0.2) is 0 Å². The highest BCUT2D eigenvalue weighted by atomic mass is 35.5. The van der Waals surface area contributed by atoms with E-state index >= 15 is 0 Å². The van der Waals surface area contributed by atoms with Crippen molar-refractivity contribution in [2.75, 3.05) is 25.1 Å². The minimum atomic E-state index is -1.08. The van der Waals surface area contributed by atoms with Crippen molar-refractivity contribution in [3.05, 3.63) is 63.5 Å². The second-order valence-corrected chi connectivity index (χ2v) is 9.82. The first-order valence-electron chi connectivity index (χ1n) is 10.6. The first-order valence-corrected chi connectivity index (χ1v) is 12.2. The molecule has 2 heterocycles. The number of carbonyl (C=O) groups is 4. The number of anilines is 1. The van der Waals surface area contributed by atoms with Crippen molar-refractivity contribution in [3.63, 3.8) is 0 Å². The average molecular weight is 547 g/mol. The lowest BCUT2D eigenvalue weighted by molar-refractivity contribution is -0.144. The molecule has 4 rings (SSSR count). The van der Waals surface area contributed by atoms with Crippen LogP contribution in [0.5, 0.6) is 5.75 Å². The summed E-state index contributed by atoms with van der Waals surface area (Å²) in [6, 6.07) is 11.7. The number of nitrogens with zero attached hydrogens (tertiary/aromatic N) is 2. The predicted molar refractivity (Wildman–Crippen MR) is 138 cm³/mol. The maximum atomic E-state index is 13.5. The molecule has 0 radical (unpaired) electrons. The highest BCUT2D eigenvalue weighted by molar-refractivity contribution is 8.26. The lowest BCUT2D eigenvalue weighted by Crippen LogP contribution is -2.34. The van der Waals surface area contributed by atoms with E-state index in [4.69, 9.17) is 38.4 Å². The van der Waals surface area contributed by atoms with Crippen molar-refractivity contribution >= 4 is 74.9 Å². The lowest BCUT2D eigenvalue weighted by Gasteiger charge is -2.16. The van der Waals surface area contributed by atoms with Crippen LogP contribution in [0.2, 0.25) is 5.02 Å². The van der Waals surface area contributed by atoms with Crippen LogP contribution in [0.3, 0.4) is 0 Å². The number of hydrogen-bond acceptors (Lipinski definition) is 8. The highest BCUT2D eigenvalue weighted by Gasteiger charge is 2.42. The number of ether oxygens (including phenoxy) is 2. The number of hydrogen-bond donors (Lipinski definition) is 1. The standard InChI is InChI=1S/C24H19ClN2O7S2/c1-33-15-4-2-3-13(9-15)12-34-19(30)11-27-17-6-5-14(25)10-16(17)20(22(27)31)21-23(32)26(24(35)36-21)8-7-18(28)29/h2-6,9-10H,7-8,11-12H2,1H3,(H,28,29)/b21-20-. The Bertz CT molecular complexity index is 1330. The second-order valence-electron chi connectivity index (χ2n) is 7.74. The van der Waals surface area contributed by atoms with Crippen LogP contribution in [0.4, 0.5) is 5.69 Å². The molecule has 0 unspecified atom stereocenters. The third-order valence-electron chi connectivity index (χ3n) is 5.42. The number of thiocarbonyl (C=S) groups is 1. The van der Waals surface area contributed by atoms with Crippen LogP contribution < -0.4 is 9.64 Å². The van der Waals surface area contributed by atoms with Crippen molar-refractivity contribution in [2.45, 2.75) is 13.0 Å². The molecule has 2 aromatic carbocycles. The maximum absolute atomic E-state index is 13.5. The van der Waals surface area contributed by atoms with E-state index < -0.39 is 23.8 Å². The van der Waals surface area contributed by atoms with E-state index in [1.807, 2.05) is 0 Å². The fourth-order valence-electron chi connectivity index (χ4n) is 3.73. The quantitative estimate of drug-likeness (QED) is 0.302. The van der Waals surface area contributed by atoms with E-state index in [2.05, 4.69) is 0 Å². The Labute approximate surface area is 220 Å². The van der Waals surface area contributed by atoms with Crippen molar-refractivity contribution in [1.82, 2.24) is 4.90 Å². The zero-order valence-electron chi connectivity index (χ0n) is 18.9. The molecule has 0 spiro atoms. The number of benzene rings is 2. The Morgan fingerprint density at radius 2 is 1.89 bits per heavy atom. The maximum Gasteiger partial charge on any atom is 0.326 e. The van der Waals surface area contributed by atoms with Gasteiger partial charge in [0.15, 0.2) is 0 Å². The number of carboxylic acid groups (broad SMARTS) is 1. The fraction of sp³-hybridized carbons (Fsp3) is 0.208. The zero-order chi connectivity index (χ0) is 26.0. The van der Waals surface area contributed by atoms with Crippen LogP contribution >= 0.6 is 35.6 Å². The number of thioether (sulfide) groups is 1. The number of carboxylic acids is 1. The lowest BCUT2D eigenvalue weighted by atomic mass is 10.1. The summed E-state index contributed by atoms with van der Waals surface area (Å²) in [6.45, 7) is -0.519. The number of amides is 2. The van der Waals surface area contributed by atoms with E-state index in [1.54, 1.807) is 36.4 Å². The summed E-state index contributed by atoms with van der Waals surface area (Å²) in [5.41, 5.74) is 1.55. The Kier molecular flexibility index (Phi) is 7.62. The van der Waals surface area contributed by atoms with E-state index in [0.29, 0.717) is 27.6 Å². The van der Waals surface area contributed by atoms with Gasteiger partial charge < -0.3 is 14.6 Å². The molecule has 36 heavy (non-hydrogen) atoms. The molecule has 0 bridgehead atoms. The molecular weight excluding hydrogens is 528 g/mol. The summed E-state index contributed by atoms with van der Waals surface area (Å²) in [6.07, 6.45) is -0.295. The molecule has 186 valence electrons. The number of carbonyl (C=O) groups excluding carboxylic acids is 3. The van der Waals surface area contributed by atoms with Crippen molar-refractivity contribution < 1.29 is 33.8 Å². The Balaban J connectivity index is 1.58. The molecule has 2 aromatic rings. The van der Waals surface area contributed by atoms with Crippen LogP contribution in [0.25, 0.3) is 5.57 Å². The van der Waals surface area contributed by atoms with Crippen molar-refractivity contribution in [2.24, 2.45) is 0 Å². The van der Waals surface area contributed by atoms with Crippen molar-refractivity contribution in [3.8, 4) is 5.75 Å². The molecule has 0 aromatic heterocycles. The first kappa shape index (κ1) is 25.7. The highest BCUT2D eigenvalue weighted by Crippen LogP contribution is 2.45. The van der Waals surface area contributed by atoms with Gasteiger partial charge in [0, 0.05) is 17.1 Å². The Hall–Kier alpha value is -3.41. The van der Waals surface area contributed by atoms with Gasteiger partial charge in [0.2, 0.25) is 0 Å². The van der Waals surface area contributed by atoms with Gasteiger partial charge in [-0.2, -0.15) is 0 Å². The third kappa shape index (κ3) is 5.23. The van der Waals surface area contributed by atoms with Gasteiger partial charge in [0.1, 0.15) is 23.2 Å². The molecule has 1 saturated heterocycles. The molecule has 2 amide bonds. The number of methoxy groups -OCH3 is 1. The van der Waals surface area contributed by atoms with Crippen LogP contribution in [0.15, 0.2) is 47.4 Å². The van der Waals surface area contributed by atoms with E-state index in [1.165, 1.54) is 18.1 Å². The normalized spacial score (nSPS) is 17.0. The summed E-state index contributed by atoms with van der Waals surface area (Å²) >= 11 is 12.3. The molecule has 0 aliphatic carbocycles. The van der Waals surface area contributed by atoms with Gasteiger partial charge in [0.05, 0.1) is 29.7 Å². The van der Waals surface area contributed by atoms with E-state index in [9.17, 15) is 19.2 Å². The number of rotatable bonds is 8. The van der Waals surface area contributed by atoms with Gasteiger partial charge >= 0.3 is 11.9 Å². The van der Waals surface area contributed by atoms with Crippen LogP contribution in [0.1, 0.15) is 17.5 Å². The van der Waals surface area contributed by atoms with E-state index in [0.717, 1.165) is 16.7 Å². The largest absolute Gasteiger partial charge is 0.497 e. The molecule has 2 aliphatic rings. The molecule has 1 N–H and O–H groups in total. The minimum Gasteiger partial charge on any atom is -0.497 e. The van der Waals surface area contributed by atoms with Crippen molar-refractivity contribution in [1.29, 1.82) is 0 Å². The average Bonchev–Trinajstić information content (AvgIpc) is 3.27. The van der Waals surface area contributed by atoms with Gasteiger partial charge in [-0.05, 0) is 35.9 Å². The Morgan fingerprint density at radius 1 is 1.11 bits per heavy atom. The number of fused-ring (bicyclic) bond motifs is 1. The summed E-state index contributed by atoms with van der Waals surface area (Å²) in [7, 11) is 1.53. The number of esters is 1. The molecule has 12 heteroatoms.